The minimum Gasteiger partial charge on any atom is -0.482 e. The van der Waals surface area contributed by atoms with Crippen LogP contribution < -0.4 is 10.1 Å². The molecule has 1 unspecified atom stereocenters. The number of carbonyl (C=O) groups excluding carboxylic acids is 2. The highest BCUT2D eigenvalue weighted by atomic mass is 32.1. The summed E-state index contributed by atoms with van der Waals surface area (Å²) in [5, 5.41) is 5.93. The molecule has 0 radical (unpaired) electrons. The van der Waals surface area contributed by atoms with Gasteiger partial charge in [0, 0.05) is 36.9 Å². The average Bonchev–Trinajstić information content (AvgIpc) is 3.11. The number of thiazole rings is 1. The number of anilines is 1. The Kier molecular flexibility index (Phi) is 4.17. The lowest BCUT2D eigenvalue weighted by atomic mass is 9.98. The molecule has 25 heavy (non-hydrogen) atoms. The molecule has 6 nitrogen and oxygen atoms in total. The summed E-state index contributed by atoms with van der Waals surface area (Å²) in [6.07, 6.45) is 2.08. The summed E-state index contributed by atoms with van der Waals surface area (Å²) in [5.41, 5.74) is 2.53. The van der Waals surface area contributed by atoms with E-state index in [1.165, 1.54) is 0 Å². The minimum absolute atomic E-state index is 0.0571. The van der Waals surface area contributed by atoms with Gasteiger partial charge in [-0.2, -0.15) is 0 Å². The Morgan fingerprint density at radius 3 is 3.16 bits per heavy atom. The molecule has 2 aliphatic rings. The van der Waals surface area contributed by atoms with Crippen LogP contribution in [0.5, 0.6) is 5.75 Å². The van der Waals surface area contributed by atoms with Crippen molar-refractivity contribution in [3.8, 4) is 17.0 Å². The first-order valence-electron chi connectivity index (χ1n) is 8.38. The van der Waals surface area contributed by atoms with Gasteiger partial charge < -0.3 is 15.0 Å². The number of aromatic nitrogens is 1. The molecule has 0 aliphatic carbocycles. The van der Waals surface area contributed by atoms with E-state index in [2.05, 4.69) is 5.32 Å². The predicted molar refractivity (Wildman–Crippen MR) is 95.9 cm³/mol. The molecule has 1 saturated heterocycles. The van der Waals surface area contributed by atoms with Crippen LogP contribution in [0.4, 0.5) is 5.69 Å². The third-order valence-electron chi connectivity index (χ3n) is 4.65. The maximum absolute atomic E-state index is 11.6. The van der Waals surface area contributed by atoms with Crippen LogP contribution in [0.15, 0.2) is 23.6 Å². The van der Waals surface area contributed by atoms with Crippen molar-refractivity contribution in [1.29, 1.82) is 0 Å². The van der Waals surface area contributed by atoms with Gasteiger partial charge in [-0.25, -0.2) is 4.98 Å². The van der Waals surface area contributed by atoms with E-state index in [1.807, 2.05) is 28.5 Å². The average molecular weight is 357 g/mol. The molecule has 1 atom stereocenters. The van der Waals surface area contributed by atoms with E-state index >= 15 is 0 Å². The molecule has 0 spiro atoms. The van der Waals surface area contributed by atoms with E-state index < -0.39 is 0 Å². The molecule has 3 heterocycles. The van der Waals surface area contributed by atoms with Gasteiger partial charge in [-0.3, -0.25) is 9.59 Å². The highest BCUT2D eigenvalue weighted by molar-refractivity contribution is 7.10. The monoisotopic (exact) mass is 357 g/mol. The van der Waals surface area contributed by atoms with Crippen molar-refractivity contribution < 1.29 is 14.3 Å². The molecular formula is C18H19N3O3S. The second-order valence-corrected chi connectivity index (χ2v) is 7.31. The topological polar surface area (TPSA) is 71.5 Å². The van der Waals surface area contributed by atoms with Crippen molar-refractivity contribution in [2.24, 2.45) is 0 Å². The molecule has 0 bridgehead atoms. The van der Waals surface area contributed by atoms with E-state index in [4.69, 9.17) is 9.72 Å². The van der Waals surface area contributed by atoms with Gasteiger partial charge in [0.2, 0.25) is 5.91 Å². The zero-order chi connectivity index (χ0) is 17.4. The van der Waals surface area contributed by atoms with Gasteiger partial charge in [0.05, 0.1) is 16.4 Å². The first-order valence-corrected chi connectivity index (χ1v) is 9.26. The number of benzene rings is 1. The summed E-state index contributed by atoms with van der Waals surface area (Å²) in [5.74, 6) is 0.974. The Morgan fingerprint density at radius 2 is 2.32 bits per heavy atom. The largest absolute Gasteiger partial charge is 0.482 e. The lowest BCUT2D eigenvalue weighted by Crippen LogP contribution is -2.37. The predicted octanol–water partition coefficient (Wildman–Crippen LogP) is 2.87. The lowest BCUT2D eigenvalue weighted by molar-refractivity contribution is -0.130. The Bertz CT molecular complexity index is 833. The summed E-state index contributed by atoms with van der Waals surface area (Å²) >= 11 is 1.63. The van der Waals surface area contributed by atoms with Gasteiger partial charge in [0.1, 0.15) is 5.75 Å². The van der Waals surface area contributed by atoms with Crippen molar-refractivity contribution in [1.82, 2.24) is 9.88 Å². The van der Waals surface area contributed by atoms with E-state index in [0.717, 1.165) is 42.2 Å². The zero-order valence-electron chi connectivity index (χ0n) is 13.9. The summed E-state index contributed by atoms with van der Waals surface area (Å²) < 4.78 is 5.39. The van der Waals surface area contributed by atoms with Gasteiger partial charge in [0.15, 0.2) is 6.61 Å². The Labute approximate surface area is 149 Å². The number of carbonyl (C=O) groups is 2. The SMILES string of the molecule is CC(=O)N1CCCC(c2nc(-c3ccc4c(c3)NC(=O)CO4)cs2)C1. The molecule has 7 heteroatoms. The molecule has 1 fully saturated rings. The van der Waals surface area contributed by atoms with E-state index in [9.17, 15) is 9.59 Å². The van der Waals surface area contributed by atoms with Gasteiger partial charge in [-0.05, 0) is 31.0 Å². The maximum Gasteiger partial charge on any atom is 0.262 e. The molecule has 4 rings (SSSR count). The van der Waals surface area contributed by atoms with Crippen LogP contribution in [0.25, 0.3) is 11.3 Å². The fourth-order valence-electron chi connectivity index (χ4n) is 3.31. The standard InChI is InChI=1S/C18H19N3O3S/c1-11(22)21-6-2-3-13(8-21)18-20-15(10-25-18)12-4-5-16-14(7-12)19-17(23)9-24-16/h4-5,7,10,13H,2-3,6,8-9H2,1H3,(H,19,23). The van der Waals surface area contributed by atoms with Crippen LogP contribution >= 0.6 is 11.3 Å². The highest BCUT2D eigenvalue weighted by Gasteiger charge is 2.25. The number of hydrogen-bond donors (Lipinski definition) is 1. The van der Waals surface area contributed by atoms with Gasteiger partial charge >= 0.3 is 0 Å². The summed E-state index contributed by atoms with van der Waals surface area (Å²) in [6, 6.07) is 5.72. The van der Waals surface area contributed by atoms with Crippen LogP contribution in [0.2, 0.25) is 0 Å². The molecule has 0 saturated carbocycles. The van der Waals surface area contributed by atoms with Crippen LogP contribution in [0.3, 0.4) is 0 Å². The third kappa shape index (κ3) is 3.24. The number of likely N-dealkylation sites (tertiary alicyclic amines) is 1. The normalized spacial score (nSPS) is 19.8. The highest BCUT2D eigenvalue weighted by Crippen LogP contribution is 2.35. The van der Waals surface area contributed by atoms with Gasteiger partial charge in [0.25, 0.3) is 5.91 Å². The quantitative estimate of drug-likeness (QED) is 0.897. The number of nitrogens with one attached hydrogen (secondary N) is 1. The molecule has 130 valence electrons. The van der Waals surface area contributed by atoms with Crippen LogP contribution in [-0.2, 0) is 9.59 Å². The Hall–Kier alpha value is -2.41. The first kappa shape index (κ1) is 16.1. The Morgan fingerprint density at radius 1 is 1.44 bits per heavy atom. The second kappa shape index (κ2) is 6.48. The van der Waals surface area contributed by atoms with Crippen molar-refractivity contribution in [2.45, 2.75) is 25.7 Å². The number of amides is 2. The number of ether oxygens (including phenoxy) is 1. The van der Waals surface area contributed by atoms with Gasteiger partial charge in [-0.1, -0.05) is 0 Å². The first-order chi connectivity index (χ1) is 12.1. The van der Waals surface area contributed by atoms with Crippen molar-refractivity contribution in [3.05, 3.63) is 28.6 Å². The number of fused-ring (bicyclic) bond motifs is 1. The van der Waals surface area contributed by atoms with Crippen molar-refractivity contribution in [2.75, 3.05) is 25.0 Å². The van der Waals surface area contributed by atoms with Crippen LogP contribution in [0.1, 0.15) is 30.7 Å². The smallest absolute Gasteiger partial charge is 0.262 e. The van der Waals surface area contributed by atoms with Crippen molar-refractivity contribution in [3.63, 3.8) is 0 Å². The van der Waals surface area contributed by atoms with Crippen molar-refractivity contribution >= 4 is 28.8 Å². The molecule has 2 aromatic rings. The number of nitrogens with zero attached hydrogens (tertiary/aromatic N) is 2. The molecule has 1 aromatic carbocycles. The van der Waals surface area contributed by atoms with Crippen LogP contribution in [0, 0.1) is 0 Å². The van der Waals surface area contributed by atoms with E-state index in [-0.39, 0.29) is 18.4 Å². The number of piperidine rings is 1. The van der Waals surface area contributed by atoms with E-state index in [1.54, 1.807) is 18.3 Å². The summed E-state index contributed by atoms with van der Waals surface area (Å²) in [7, 11) is 0. The minimum atomic E-state index is -0.143. The maximum atomic E-state index is 11.6. The lowest BCUT2D eigenvalue weighted by Gasteiger charge is -2.30. The van der Waals surface area contributed by atoms with Gasteiger partial charge in [-0.15, -0.1) is 11.3 Å². The van der Waals surface area contributed by atoms with Crippen LogP contribution in [-0.4, -0.2) is 41.4 Å². The summed E-state index contributed by atoms with van der Waals surface area (Å²) in [4.78, 5) is 29.8. The summed E-state index contributed by atoms with van der Waals surface area (Å²) in [6.45, 7) is 3.27. The zero-order valence-corrected chi connectivity index (χ0v) is 14.8. The second-order valence-electron chi connectivity index (χ2n) is 6.42. The fourth-order valence-corrected chi connectivity index (χ4v) is 4.27. The number of hydrogen-bond acceptors (Lipinski definition) is 5. The Balaban J connectivity index is 1.56. The molecule has 2 amide bonds. The molecular weight excluding hydrogens is 338 g/mol. The number of rotatable bonds is 2. The third-order valence-corrected chi connectivity index (χ3v) is 5.65. The molecule has 2 aliphatic heterocycles. The van der Waals surface area contributed by atoms with E-state index in [0.29, 0.717) is 17.4 Å². The fraction of sp³-hybridized carbons (Fsp3) is 0.389. The molecule has 1 aromatic heterocycles. The molecule has 1 N–H and O–H groups in total.